The van der Waals surface area contributed by atoms with E-state index in [1.54, 1.807) is 6.21 Å². The predicted octanol–water partition coefficient (Wildman–Crippen LogP) is 4.06. The molecular weight excluding hydrogens is 340 g/mol. The Balaban J connectivity index is 1.69. The van der Waals surface area contributed by atoms with Gasteiger partial charge in [-0.2, -0.15) is 5.10 Å². The summed E-state index contributed by atoms with van der Waals surface area (Å²) in [4.78, 5) is 18.9. The standard InChI is InChI=1S/C21H22N4O2/c1-21(2,3)27-17-11-9-15(10-12-17)14-22-25-20-23-18(13-19(26)24-20)16-7-5-4-6-8-16/h4-14H,1-3H3,(H2,23,24,25,26)/b22-14-. The van der Waals surface area contributed by atoms with Crippen LogP contribution in [0.5, 0.6) is 5.75 Å². The topological polar surface area (TPSA) is 79.4 Å². The van der Waals surface area contributed by atoms with Crippen molar-refractivity contribution in [2.75, 3.05) is 5.43 Å². The number of nitrogens with zero attached hydrogens (tertiary/aromatic N) is 2. The number of aromatic amines is 1. The molecule has 2 N–H and O–H groups in total. The van der Waals surface area contributed by atoms with Crippen molar-refractivity contribution in [3.05, 3.63) is 76.6 Å². The van der Waals surface area contributed by atoms with Crippen LogP contribution in [0.2, 0.25) is 0 Å². The van der Waals surface area contributed by atoms with Gasteiger partial charge in [-0.15, -0.1) is 0 Å². The van der Waals surface area contributed by atoms with Crippen LogP contribution in [-0.2, 0) is 0 Å². The largest absolute Gasteiger partial charge is 0.488 e. The molecule has 0 unspecified atom stereocenters. The number of nitrogens with one attached hydrogen (secondary N) is 2. The van der Waals surface area contributed by atoms with Crippen LogP contribution in [0.1, 0.15) is 26.3 Å². The fourth-order valence-electron chi connectivity index (χ4n) is 2.41. The van der Waals surface area contributed by atoms with Gasteiger partial charge in [0.1, 0.15) is 11.4 Å². The molecule has 0 bridgehead atoms. The van der Waals surface area contributed by atoms with E-state index in [0.717, 1.165) is 16.9 Å². The number of rotatable bonds is 5. The highest BCUT2D eigenvalue weighted by Gasteiger charge is 2.11. The lowest BCUT2D eigenvalue weighted by Crippen LogP contribution is -2.22. The molecule has 3 rings (SSSR count). The molecule has 0 aliphatic heterocycles. The summed E-state index contributed by atoms with van der Waals surface area (Å²) in [6.07, 6.45) is 1.65. The molecule has 27 heavy (non-hydrogen) atoms. The van der Waals surface area contributed by atoms with E-state index in [-0.39, 0.29) is 17.1 Å². The number of aromatic nitrogens is 2. The first-order valence-electron chi connectivity index (χ1n) is 8.64. The highest BCUT2D eigenvalue weighted by molar-refractivity contribution is 5.80. The highest BCUT2D eigenvalue weighted by atomic mass is 16.5. The van der Waals surface area contributed by atoms with Gasteiger partial charge in [-0.3, -0.25) is 9.78 Å². The fraction of sp³-hybridized carbons (Fsp3) is 0.190. The van der Waals surface area contributed by atoms with E-state index in [1.165, 1.54) is 6.07 Å². The second-order valence-corrected chi connectivity index (χ2v) is 7.00. The molecule has 0 amide bonds. The van der Waals surface area contributed by atoms with E-state index in [9.17, 15) is 4.79 Å². The summed E-state index contributed by atoms with van der Waals surface area (Å²) in [5.74, 6) is 1.08. The van der Waals surface area contributed by atoms with Gasteiger partial charge in [0.25, 0.3) is 5.56 Å². The molecular formula is C21H22N4O2. The van der Waals surface area contributed by atoms with Gasteiger partial charge < -0.3 is 4.74 Å². The maximum atomic E-state index is 11.9. The molecule has 3 aromatic rings. The Morgan fingerprint density at radius 3 is 2.44 bits per heavy atom. The molecule has 0 atom stereocenters. The zero-order valence-corrected chi connectivity index (χ0v) is 15.6. The van der Waals surface area contributed by atoms with Gasteiger partial charge in [0.05, 0.1) is 11.9 Å². The molecule has 138 valence electrons. The molecule has 1 aromatic heterocycles. The minimum Gasteiger partial charge on any atom is -0.488 e. The van der Waals surface area contributed by atoms with Crippen molar-refractivity contribution in [3.8, 4) is 17.0 Å². The highest BCUT2D eigenvalue weighted by Crippen LogP contribution is 2.18. The predicted molar refractivity (Wildman–Crippen MR) is 108 cm³/mol. The van der Waals surface area contributed by atoms with Crippen molar-refractivity contribution in [3.63, 3.8) is 0 Å². The maximum absolute atomic E-state index is 11.9. The van der Waals surface area contributed by atoms with E-state index in [4.69, 9.17) is 4.74 Å². The average Bonchev–Trinajstić information content (AvgIpc) is 2.62. The molecule has 0 saturated carbocycles. The Bertz CT molecular complexity index is 972. The Morgan fingerprint density at radius 2 is 1.78 bits per heavy atom. The van der Waals surface area contributed by atoms with Crippen molar-refractivity contribution in [1.82, 2.24) is 9.97 Å². The Labute approximate surface area is 157 Å². The van der Waals surface area contributed by atoms with Gasteiger partial charge >= 0.3 is 0 Å². The van der Waals surface area contributed by atoms with Gasteiger partial charge in [0, 0.05) is 11.6 Å². The van der Waals surface area contributed by atoms with Gasteiger partial charge in [-0.05, 0) is 50.6 Å². The van der Waals surface area contributed by atoms with E-state index in [1.807, 2.05) is 75.4 Å². The second kappa shape index (κ2) is 7.86. The number of hydrogen-bond donors (Lipinski definition) is 2. The zero-order chi connectivity index (χ0) is 19.3. The quantitative estimate of drug-likeness (QED) is 0.530. The lowest BCUT2D eigenvalue weighted by molar-refractivity contribution is 0.131. The third kappa shape index (κ3) is 5.54. The molecule has 0 fully saturated rings. The van der Waals surface area contributed by atoms with Crippen LogP contribution in [-0.4, -0.2) is 21.8 Å². The first-order chi connectivity index (χ1) is 12.9. The van der Waals surface area contributed by atoms with Crippen LogP contribution in [0, 0.1) is 0 Å². The Hall–Kier alpha value is -3.41. The molecule has 0 aliphatic carbocycles. The van der Waals surface area contributed by atoms with E-state index < -0.39 is 0 Å². The number of benzene rings is 2. The minimum absolute atomic E-state index is 0.238. The molecule has 0 saturated heterocycles. The fourth-order valence-corrected chi connectivity index (χ4v) is 2.41. The van der Waals surface area contributed by atoms with E-state index in [2.05, 4.69) is 20.5 Å². The summed E-state index contributed by atoms with van der Waals surface area (Å²) in [5, 5.41) is 4.14. The van der Waals surface area contributed by atoms with Gasteiger partial charge in [0.2, 0.25) is 5.95 Å². The first-order valence-corrected chi connectivity index (χ1v) is 8.64. The molecule has 2 aromatic carbocycles. The van der Waals surface area contributed by atoms with Crippen molar-refractivity contribution in [2.24, 2.45) is 5.10 Å². The molecule has 1 heterocycles. The number of anilines is 1. The minimum atomic E-state index is -0.245. The lowest BCUT2D eigenvalue weighted by atomic mass is 10.1. The summed E-state index contributed by atoms with van der Waals surface area (Å²) in [5.41, 5.74) is 4.63. The SMILES string of the molecule is CC(C)(C)Oc1ccc(/C=N\Nc2nc(-c3ccccc3)cc(=O)[nH]2)cc1. The first kappa shape index (κ1) is 18.4. The Kier molecular flexibility index (Phi) is 5.35. The van der Waals surface area contributed by atoms with Gasteiger partial charge in [-0.1, -0.05) is 30.3 Å². The summed E-state index contributed by atoms with van der Waals surface area (Å²) in [6, 6.07) is 18.6. The number of hydrazone groups is 1. The van der Waals surface area contributed by atoms with Crippen molar-refractivity contribution < 1.29 is 4.74 Å². The van der Waals surface area contributed by atoms with Crippen LogP contribution in [0.4, 0.5) is 5.95 Å². The maximum Gasteiger partial charge on any atom is 0.252 e. The molecule has 6 heteroatoms. The van der Waals surface area contributed by atoms with Crippen LogP contribution >= 0.6 is 0 Å². The second-order valence-electron chi connectivity index (χ2n) is 7.00. The van der Waals surface area contributed by atoms with E-state index in [0.29, 0.717) is 5.69 Å². The normalized spacial score (nSPS) is 11.5. The van der Waals surface area contributed by atoms with Crippen LogP contribution < -0.4 is 15.7 Å². The third-order valence-corrected chi connectivity index (χ3v) is 3.50. The van der Waals surface area contributed by atoms with Gasteiger partial charge in [0.15, 0.2) is 0 Å². The van der Waals surface area contributed by atoms with Crippen LogP contribution in [0.3, 0.4) is 0 Å². The van der Waals surface area contributed by atoms with Crippen LogP contribution in [0.25, 0.3) is 11.3 Å². The number of ether oxygens (including phenoxy) is 1. The van der Waals surface area contributed by atoms with Crippen molar-refractivity contribution >= 4 is 12.2 Å². The number of hydrogen-bond acceptors (Lipinski definition) is 5. The lowest BCUT2D eigenvalue weighted by Gasteiger charge is -2.21. The smallest absolute Gasteiger partial charge is 0.252 e. The van der Waals surface area contributed by atoms with E-state index >= 15 is 0 Å². The third-order valence-electron chi connectivity index (χ3n) is 3.50. The summed E-state index contributed by atoms with van der Waals surface area (Å²) in [7, 11) is 0. The summed E-state index contributed by atoms with van der Waals surface area (Å²) < 4.78 is 5.79. The Morgan fingerprint density at radius 1 is 1.07 bits per heavy atom. The molecule has 6 nitrogen and oxygen atoms in total. The average molecular weight is 362 g/mol. The monoisotopic (exact) mass is 362 g/mol. The number of H-pyrrole nitrogens is 1. The van der Waals surface area contributed by atoms with Crippen LogP contribution in [0.15, 0.2) is 70.6 Å². The summed E-state index contributed by atoms with van der Waals surface area (Å²) in [6.45, 7) is 6.01. The van der Waals surface area contributed by atoms with Gasteiger partial charge in [-0.25, -0.2) is 10.4 Å². The summed E-state index contributed by atoms with van der Waals surface area (Å²) >= 11 is 0. The zero-order valence-electron chi connectivity index (χ0n) is 15.6. The molecule has 0 radical (unpaired) electrons. The van der Waals surface area contributed by atoms with Crippen molar-refractivity contribution in [2.45, 2.75) is 26.4 Å². The van der Waals surface area contributed by atoms with Crippen molar-refractivity contribution in [1.29, 1.82) is 0 Å². The molecule has 0 spiro atoms. The molecule has 0 aliphatic rings.